The molecule has 0 saturated carbocycles. The number of rotatable bonds is 5. The summed E-state index contributed by atoms with van der Waals surface area (Å²) in [5.41, 5.74) is 8.43. The maximum Gasteiger partial charge on any atom is 0.130 e. The van der Waals surface area contributed by atoms with E-state index in [9.17, 15) is 8.78 Å². The fraction of sp³-hybridized carbons (Fsp3) is 0.167. The van der Waals surface area contributed by atoms with Crippen LogP contribution in [0.3, 0.4) is 0 Å². The van der Waals surface area contributed by atoms with Crippen LogP contribution < -0.4 is 10.5 Å². The fourth-order valence-corrected chi connectivity index (χ4v) is 2.63. The summed E-state index contributed by atoms with van der Waals surface area (Å²) in [5.74, 6) is -0.908. The number of hydrogen-bond donors (Lipinski definition) is 2. The number of benzene rings is 2. The second kappa shape index (κ2) is 6.80. The van der Waals surface area contributed by atoms with Crippen LogP contribution in [-0.4, -0.2) is 23.9 Å². The van der Waals surface area contributed by atoms with Gasteiger partial charge in [-0.25, -0.2) is 8.78 Å². The Kier molecular flexibility index (Phi) is 4.57. The first-order chi connectivity index (χ1) is 11.6. The Morgan fingerprint density at radius 3 is 2.50 bits per heavy atom. The molecule has 0 aliphatic heterocycles. The average Bonchev–Trinajstić information content (AvgIpc) is 3.07. The number of nitrogens with two attached hydrogens (primary N) is 1. The Balaban J connectivity index is 1.92. The summed E-state index contributed by atoms with van der Waals surface area (Å²) in [6, 6.07) is 12.8. The van der Waals surface area contributed by atoms with E-state index < -0.39 is 17.6 Å². The fourth-order valence-electron chi connectivity index (χ4n) is 2.63. The average molecular weight is 329 g/mol. The number of aromatic amines is 1. The predicted molar refractivity (Wildman–Crippen MR) is 87.8 cm³/mol. The number of nitrogens with one attached hydrogen (secondary N) is 1. The second-order valence-electron chi connectivity index (χ2n) is 5.39. The molecule has 3 aromatic rings. The van der Waals surface area contributed by atoms with E-state index in [0.29, 0.717) is 17.0 Å². The van der Waals surface area contributed by atoms with Crippen molar-refractivity contribution in [2.75, 3.05) is 13.7 Å². The molecule has 3 rings (SSSR count). The molecule has 1 aromatic heterocycles. The summed E-state index contributed by atoms with van der Waals surface area (Å²) in [5, 5.41) is 7.17. The molecular weight excluding hydrogens is 312 g/mol. The van der Waals surface area contributed by atoms with Crippen molar-refractivity contribution in [1.29, 1.82) is 0 Å². The molecule has 4 nitrogen and oxygen atoms in total. The number of methoxy groups -OCH3 is 1. The molecule has 0 bridgehead atoms. The highest BCUT2D eigenvalue weighted by atomic mass is 19.1. The van der Waals surface area contributed by atoms with E-state index >= 15 is 0 Å². The van der Waals surface area contributed by atoms with Crippen LogP contribution in [0.25, 0.3) is 11.3 Å². The lowest BCUT2D eigenvalue weighted by Gasteiger charge is -2.14. The van der Waals surface area contributed by atoms with Crippen LogP contribution in [0.1, 0.15) is 17.2 Å². The number of H-pyrrole nitrogens is 1. The quantitative estimate of drug-likeness (QED) is 0.753. The molecule has 3 N–H and O–H groups in total. The van der Waals surface area contributed by atoms with Crippen molar-refractivity contribution in [3.8, 4) is 17.0 Å². The molecule has 2 aromatic carbocycles. The van der Waals surface area contributed by atoms with Crippen molar-refractivity contribution in [2.24, 2.45) is 5.73 Å². The number of aromatic nitrogens is 2. The van der Waals surface area contributed by atoms with Gasteiger partial charge in [0.05, 0.1) is 12.8 Å². The van der Waals surface area contributed by atoms with Crippen LogP contribution >= 0.6 is 0 Å². The maximum absolute atomic E-state index is 14.0. The van der Waals surface area contributed by atoms with Crippen LogP contribution in [0.5, 0.6) is 5.75 Å². The van der Waals surface area contributed by atoms with E-state index in [1.165, 1.54) is 12.1 Å². The molecule has 24 heavy (non-hydrogen) atoms. The highest BCUT2D eigenvalue weighted by Crippen LogP contribution is 2.28. The summed E-state index contributed by atoms with van der Waals surface area (Å²) in [6.45, 7) is 0.173. The van der Waals surface area contributed by atoms with Gasteiger partial charge >= 0.3 is 0 Å². The summed E-state index contributed by atoms with van der Waals surface area (Å²) >= 11 is 0. The Morgan fingerprint density at radius 1 is 1.12 bits per heavy atom. The number of ether oxygens (including phenoxy) is 1. The first kappa shape index (κ1) is 16.1. The summed E-state index contributed by atoms with van der Waals surface area (Å²) < 4.78 is 32.3. The van der Waals surface area contributed by atoms with Gasteiger partial charge in [-0.15, -0.1) is 0 Å². The van der Waals surface area contributed by atoms with Gasteiger partial charge < -0.3 is 10.5 Å². The molecule has 6 heteroatoms. The molecular formula is C18H17F2N3O. The summed E-state index contributed by atoms with van der Waals surface area (Å²) in [4.78, 5) is 0. The molecule has 0 amide bonds. The van der Waals surface area contributed by atoms with E-state index in [1.807, 2.05) is 30.3 Å². The highest BCUT2D eigenvalue weighted by Gasteiger charge is 2.19. The standard InChI is InChI=1S/C18H17F2N3O/c1-24-13-5-2-11(3-6-13)17-9-18(23-22-17)15(10-21)14-7-4-12(19)8-16(14)20/h2-9,15H,10,21H2,1H3,(H,22,23). The summed E-state index contributed by atoms with van der Waals surface area (Å²) in [6.07, 6.45) is 0. The topological polar surface area (TPSA) is 63.9 Å². The Morgan fingerprint density at radius 2 is 1.88 bits per heavy atom. The Bertz CT molecular complexity index is 831. The minimum atomic E-state index is -0.619. The van der Waals surface area contributed by atoms with Crippen molar-refractivity contribution in [1.82, 2.24) is 10.2 Å². The zero-order valence-electron chi connectivity index (χ0n) is 13.1. The van der Waals surface area contributed by atoms with Crippen molar-refractivity contribution in [3.05, 3.63) is 71.4 Å². The zero-order chi connectivity index (χ0) is 17.1. The van der Waals surface area contributed by atoms with Crippen LogP contribution in [0.15, 0.2) is 48.5 Å². The normalized spacial score (nSPS) is 12.2. The van der Waals surface area contributed by atoms with Gasteiger partial charge in [0.1, 0.15) is 17.4 Å². The van der Waals surface area contributed by atoms with Crippen LogP contribution in [0.2, 0.25) is 0 Å². The van der Waals surface area contributed by atoms with Crippen molar-refractivity contribution >= 4 is 0 Å². The van der Waals surface area contributed by atoms with E-state index in [4.69, 9.17) is 10.5 Å². The van der Waals surface area contributed by atoms with Crippen molar-refractivity contribution in [3.63, 3.8) is 0 Å². The van der Waals surface area contributed by atoms with Gasteiger partial charge in [-0.2, -0.15) is 5.10 Å². The third-order valence-corrected chi connectivity index (χ3v) is 3.93. The molecule has 0 aliphatic carbocycles. The third-order valence-electron chi connectivity index (χ3n) is 3.93. The van der Waals surface area contributed by atoms with E-state index in [1.54, 1.807) is 7.11 Å². The number of halogens is 2. The number of hydrogen-bond acceptors (Lipinski definition) is 3. The molecule has 0 aliphatic rings. The van der Waals surface area contributed by atoms with Crippen LogP contribution in [0, 0.1) is 11.6 Å². The molecule has 1 heterocycles. The summed E-state index contributed by atoms with van der Waals surface area (Å²) in [7, 11) is 1.60. The van der Waals surface area contributed by atoms with Gasteiger partial charge in [0.15, 0.2) is 0 Å². The molecule has 0 saturated heterocycles. The Labute approximate surface area is 138 Å². The SMILES string of the molecule is COc1ccc(-c2cc(C(CN)c3ccc(F)cc3F)[nH]n2)cc1. The smallest absolute Gasteiger partial charge is 0.130 e. The molecule has 0 fully saturated rings. The molecule has 0 spiro atoms. The predicted octanol–water partition coefficient (Wildman–Crippen LogP) is 3.45. The van der Waals surface area contributed by atoms with E-state index in [0.717, 1.165) is 17.4 Å². The van der Waals surface area contributed by atoms with Gasteiger partial charge in [0.2, 0.25) is 0 Å². The second-order valence-corrected chi connectivity index (χ2v) is 5.39. The lowest BCUT2D eigenvalue weighted by atomic mass is 9.94. The van der Waals surface area contributed by atoms with Crippen LogP contribution in [-0.2, 0) is 0 Å². The van der Waals surface area contributed by atoms with Gasteiger partial charge in [0.25, 0.3) is 0 Å². The molecule has 0 radical (unpaired) electrons. The maximum atomic E-state index is 14.0. The third kappa shape index (κ3) is 3.14. The Hall–Kier alpha value is -2.73. The van der Waals surface area contributed by atoms with Gasteiger partial charge in [-0.3, -0.25) is 5.10 Å². The minimum Gasteiger partial charge on any atom is -0.497 e. The molecule has 124 valence electrons. The van der Waals surface area contributed by atoms with Gasteiger partial charge in [0, 0.05) is 29.8 Å². The van der Waals surface area contributed by atoms with Crippen molar-refractivity contribution in [2.45, 2.75) is 5.92 Å². The largest absolute Gasteiger partial charge is 0.497 e. The van der Waals surface area contributed by atoms with Gasteiger partial charge in [-0.05, 0) is 42.0 Å². The van der Waals surface area contributed by atoms with Crippen LogP contribution in [0.4, 0.5) is 8.78 Å². The monoisotopic (exact) mass is 329 g/mol. The lowest BCUT2D eigenvalue weighted by Crippen LogP contribution is -2.15. The lowest BCUT2D eigenvalue weighted by molar-refractivity contribution is 0.415. The van der Waals surface area contributed by atoms with Gasteiger partial charge in [-0.1, -0.05) is 6.07 Å². The molecule has 1 unspecified atom stereocenters. The zero-order valence-corrected chi connectivity index (χ0v) is 13.1. The first-order valence-electron chi connectivity index (χ1n) is 7.47. The highest BCUT2D eigenvalue weighted by molar-refractivity contribution is 5.60. The minimum absolute atomic E-state index is 0.173. The van der Waals surface area contributed by atoms with Crippen molar-refractivity contribution < 1.29 is 13.5 Å². The van der Waals surface area contributed by atoms with E-state index in [2.05, 4.69) is 10.2 Å². The molecule has 1 atom stereocenters. The van der Waals surface area contributed by atoms with E-state index in [-0.39, 0.29) is 6.54 Å². The number of nitrogens with zero attached hydrogens (tertiary/aromatic N) is 1. The first-order valence-corrected chi connectivity index (χ1v) is 7.47.